The Balaban J connectivity index is 1.51. The van der Waals surface area contributed by atoms with Crippen molar-refractivity contribution in [3.8, 4) is 0 Å². The molecule has 1 heterocycles. The number of hydroxylamine groups is 2. The molecule has 0 aromatic heterocycles. The number of benzene rings is 1. The van der Waals surface area contributed by atoms with Crippen molar-refractivity contribution < 1.29 is 27.2 Å². The molecule has 2 amide bonds. The minimum atomic E-state index is -4.74. The largest absolute Gasteiger partial charge is 0.325 e. The van der Waals surface area contributed by atoms with E-state index in [4.69, 9.17) is 4.28 Å². The van der Waals surface area contributed by atoms with E-state index in [-0.39, 0.29) is 16.9 Å². The average molecular weight is 434 g/mol. The van der Waals surface area contributed by atoms with Gasteiger partial charge in [0.1, 0.15) is 0 Å². The third-order valence-corrected chi connectivity index (χ3v) is 7.99. The Morgan fingerprint density at radius 1 is 1.27 bits per heavy atom. The molecule has 0 spiro atoms. The van der Waals surface area contributed by atoms with Crippen molar-refractivity contribution in [3.63, 3.8) is 0 Å². The molecule has 3 atom stereocenters. The van der Waals surface area contributed by atoms with Crippen LogP contribution in [0, 0.1) is 33.3 Å². The number of nitro benzene ring substituents is 1. The number of rotatable bonds is 6. The molecule has 9 nitrogen and oxygen atoms in total. The first-order valence-electron chi connectivity index (χ1n) is 9.76. The summed E-state index contributed by atoms with van der Waals surface area (Å²) >= 11 is 0. The van der Waals surface area contributed by atoms with E-state index in [1.807, 2.05) is 0 Å². The molecule has 3 aliphatic carbocycles. The van der Waals surface area contributed by atoms with E-state index < -0.39 is 43.4 Å². The summed E-state index contributed by atoms with van der Waals surface area (Å²) in [7, 11) is -4.74. The molecule has 2 bridgehead atoms. The van der Waals surface area contributed by atoms with Crippen LogP contribution in [0.4, 0.5) is 5.69 Å². The van der Waals surface area contributed by atoms with E-state index in [1.165, 1.54) is 12.1 Å². The van der Waals surface area contributed by atoms with Crippen LogP contribution in [0.2, 0.25) is 0 Å². The summed E-state index contributed by atoms with van der Waals surface area (Å²) in [5.74, 6) is -1.20. The topological polar surface area (TPSA) is 124 Å². The van der Waals surface area contributed by atoms with Crippen molar-refractivity contribution in [1.29, 1.82) is 0 Å². The Bertz CT molecular complexity index is 1080. The molecule has 1 saturated heterocycles. The van der Waals surface area contributed by atoms with Gasteiger partial charge in [-0.1, -0.05) is 37.6 Å². The van der Waals surface area contributed by atoms with Crippen LogP contribution in [0.1, 0.15) is 39.5 Å². The third-order valence-electron chi connectivity index (χ3n) is 6.77. The summed E-state index contributed by atoms with van der Waals surface area (Å²) < 4.78 is 29.9. The van der Waals surface area contributed by atoms with Gasteiger partial charge in [0, 0.05) is 12.5 Å². The Labute approximate surface area is 173 Å². The number of nitro groups is 1. The molecule has 2 fully saturated rings. The molecule has 0 radical (unpaired) electrons. The van der Waals surface area contributed by atoms with Crippen molar-refractivity contribution in [3.05, 3.63) is 46.0 Å². The van der Waals surface area contributed by atoms with Crippen LogP contribution in [-0.2, 0) is 24.0 Å². The number of carbonyl (C=O) groups excluding carboxylic acids is 2. The Morgan fingerprint density at radius 3 is 2.60 bits per heavy atom. The molecule has 1 aromatic rings. The van der Waals surface area contributed by atoms with Crippen LogP contribution in [-0.4, -0.2) is 30.2 Å². The van der Waals surface area contributed by atoms with Gasteiger partial charge in [0.05, 0.1) is 10.8 Å². The first-order chi connectivity index (χ1) is 14.0. The monoisotopic (exact) mass is 434 g/mol. The molecule has 10 heteroatoms. The van der Waals surface area contributed by atoms with Gasteiger partial charge in [-0.15, -0.1) is 9.35 Å². The van der Waals surface area contributed by atoms with E-state index in [0.717, 1.165) is 30.5 Å². The highest BCUT2D eigenvalue weighted by Gasteiger charge is 2.52. The quantitative estimate of drug-likeness (QED) is 0.292. The first-order valence-corrected chi connectivity index (χ1v) is 11.2. The standard InChI is InChI=1S/C20H22N2O7S/c1-20(2)14-8-7-12(15(20)11-14)9-13-10-18(23)21(19(13)24)29-30(27,28)17-6-4-3-5-16(17)22(25)26/h3-7,13-15H,8-11H2,1-2H3. The van der Waals surface area contributed by atoms with Crippen molar-refractivity contribution >= 4 is 27.6 Å². The zero-order valence-corrected chi connectivity index (χ0v) is 17.4. The summed E-state index contributed by atoms with van der Waals surface area (Å²) in [6.45, 7) is 4.41. The fourth-order valence-corrected chi connectivity index (χ4v) is 5.93. The van der Waals surface area contributed by atoms with Gasteiger partial charge >= 0.3 is 10.1 Å². The maximum atomic E-state index is 12.8. The zero-order valence-electron chi connectivity index (χ0n) is 16.6. The highest BCUT2D eigenvalue weighted by atomic mass is 32.2. The molecule has 5 rings (SSSR count). The summed E-state index contributed by atoms with van der Waals surface area (Å²) in [5.41, 5.74) is 0.612. The van der Waals surface area contributed by atoms with Gasteiger partial charge in [-0.05, 0) is 42.6 Å². The number of fused-ring (bicyclic) bond motifs is 1. The van der Waals surface area contributed by atoms with E-state index >= 15 is 0 Å². The Hall–Kier alpha value is -2.59. The third kappa shape index (κ3) is 3.24. The molecule has 30 heavy (non-hydrogen) atoms. The number of hydrogen-bond donors (Lipinski definition) is 0. The van der Waals surface area contributed by atoms with Gasteiger partial charge in [0.2, 0.25) is 0 Å². The van der Waals surface area contributed by atoms with Crippen LogP contribution in [0.5, 0.6) is 0 Å². The Kier molecular flexibility index (Phi) is 4.81. The maximum absolute atomic E-state index is 12.8. The Morgan fingerprint density at radius 2 is 1.97 bits per heavy atom. The molecule has 1 saturated carbocycles. The summed E-state index contributed by atoms with van der Waals surface area (Å²) in [6, 6.07) is 4.61. The van der Waals surface area contributed by atoms with Gasteiger partial charge in [0.15, 0.2) is 4.90 Å². The van der Waals surface area contributed by atoms with Crippen molar-refractivity contribution in [2.24, 2.45) is 23.2 Å². The number of carbonyl (C=O) groups is 2. The molecule has 1 aliphatic heterocycles. The lowest BCUT2D eigenvalue weighted by molar-refractivity contribution is -0.388. The number of para-hydroxylation sites is 1. The fraction of sp³-hybridized carbons (Fsp3) is 0.500. The van der Waals surface area contributed by atoms with E-state index in [9.17, 15) is 28.1 Å². The lowest BCUT2D eigenvalue weighted by Crippen LogP contribution is -2.48. The SMILES string of the molecule is CC1(C)C2CC=C(CC3CC(=O)N(OS(=O)(=O)c4ccccc4[N+](=O)[O-])C3=O)C1C2. The van der Waals surface area contributed by atoms with Crippen LogP contribution in [0.15, 0.2) is 40.8 Å². The number of allylic oxidation sites excluding steroid dienone is 2. The van der Waals surface area contributed by atoms with Crippen molar-refractivity contribution in [2.75, 3.05) is 0 Å². The first kappa shape index (κ1) is 20.7. The normalized spacial score (nSPS) is 27.6. The molecule has 0 N–H and O–H groups in total. The van der Waals surface area contributed by atoms with Gasteiger partial charge in [-0.25, -0.2) is 0 Å². The number of hydrogen-bond acceptors (Lipinski definition) is 7. The van der Waals surface area contributed by atoms with Gasteiger partial charge < -0.3 is 0 Å². The molecular formula is C20H22N2O7S. The van der Waals surface area contributed by atoms with Crippen LogP contribution in [0.3, 0.4) is 0 Å². The summed E-state index contributed by atoms with van der Waals surface area (Å²) in [5, 5.41) is 11.4. The second-order valence-corrected chi connectivity index (χ2v) is 10.2. The number of amides is 2. The number of nitrogens with zero attached hydrogens (tertiary/aromatic N) is 2. The minimum Gasteiger partial charge on any atom is -0.272 e. The van der Waals surface area contributed by atoms with E-state index in [0.29, 0.717) is 18.3 Å². The highest BCUT2D eigenvalue weighted by molar-refractivity contribution is 7.86. The molecular weight excluding hydrogens is 412 g/mol. The smallest absolute Gasteiger partial charge is 0.272 e. The number of imide groups is 1. The maximum Gasteiger partial charge on any atom is 0.325 e. The lowest BCUT2D eigenvalue weighted by Gasteiger charge is -2.56. The fourth-order valence-electron chi connectivity index (χ4n) is 4.86. The minimum absolute atomic E-state index is 0.154. The van der Waals surface area contributed by atoms with Crippen molar-refractivity contribution in [2.45, 2.75) is 44.4 Å². The molecule has 4 aliphatic rings. The second-order valence-electron chi connectivity index (χ2n) is 8.71. The summed E-state index contributed by atoms with van der Waals surface area (Å²) in [4.78, 5) is 34.6. The van der Waals surface area contributed by atoms with Crippen LogP contribution in [0.25, 0.3) is 0 Å². The average Bonchev–Trinajstić information content (AvgIpc) is 2.95. The molecule has 3 unspecified atom stereocenters. The van der Waals surface area contributed by atoms with Crippen molar-refractivity contribution in [1.82, 2.24) is 5.06 Å². The molecule has 160 valence electrons. The zero-order chi connectivity index (χ0) is 21.8. The predicted octanol–water partition coefficient (Wildman–Crippen LogP) is 2.97. The summed E-state index contributed by atoms with van der Waals surface area (Å²) in [6.07, 6.45) is 4.38. The predicted molar refractivity (Wildman–Crippen MR) is 104 cm³/mol. The van der Waals surface area contributed by atoms with Crippen LogP contribution < -0.4 is 0 Å². The second kappa shape index (κ2) is 6.98. The molecule has 1 aromatic carbocycles. The van der Waals surface area contributed by atoms with E-state index in [1.54, 1.807) is 0 Å². The van der Waals surface area contributed by atoms with E-state index in [2.05, 4.69) is 19.9 Å². The highest BCUT2D eigenvalue weighted by Crippen LogP contribution is 2.60. The van der Waals surface area contributed by atoms with Gasteiger partial charge in [0.25, 0.3) is 17.5 Å². The van der Waals surface area contributed by atoms with Gasteiger partial charge in [-0.3, -0.25) is 19.7 Å². The van der Waals surface area contributed by atoms with Crippen LogP contribution >= 0.6 is 0 Å². The lowest BCUT2D eigenvalue weighted by atomic mass is 9.48. The van der Waals surface area contributed by atoms with Gasteiger partial charge in [-0.2, -0.15) is 8.42 Å².